The summed E-state index contributed by atoms with van der Waals surface area (Å²) in [5.74, 6) is -5.72. The number of aromatic nitrogens is 1. The fourth-order valence-corrected chi connectivity index (χ4v) is 7.56. The lowest BCUT2D eigenvalue weighted by atomic mass is 9.78. The van der Waals surface area contributed by atoms with Gasteiger partial charge in [0.1, 0.15) is 11.9 Å². The molecule has 3 N–H and O–H groups in total. The van der Waals surface area contributed by atoms with E-state index in [1.165, 1.54) is 68.3 Å². The first-order valence-corrected chi connectivity index (χ1v) is 17.7. The maximum absolute atomic E-state index is 14.9. The van der Waals surface area contributed by atoms with E-state index in [1.54, 1.807) is 31.2 Å². The molecule has 2 heterocycles. The van der Waals surface area contributed by atoms with Crippen molar-refractivity contribution in [2.75, 3.05) is 24.2 Å². The van der Waals surface area contributed by atoms with E-state index in [-0.39, 0.29) is 47.2 Å². The smallest absolute Gasteiger partial charge is 0.491 e. The predicted octanol–water partition coefficient (Wildman–Crippen LogP) is 6.30. The number of halogens is 4. The number of nitrogens with zero attached hydrogens (tertiary/aromatic N) is 2. The second kappa shape index (κ2) is 14.4. The highest BCUT2D eigenvalue weighted by Crippen LogP contribution is 2.51. The van der Waals surface area contributed by atoms with Crippen LogP contribution in [0.5, 0.6) is 5.75 Å². The average molecular weight is 745 g/mol. The number of anilines is 2. The molecule has 0 aliphatic carbocycles. The Hall–Kier alpha value is -5.25. The molecule has 52 heavy (non-hydrogen) atoms. The van der Waals surface area contributed by atoms with Gasteiger partial charge in [0.25, 0.3) is 0 Å². The van der Waals surface area contributed by atoms with Crippen molar-refractivity contribution in [2.45, 2.75) is 62.5 Å². The molecule has 0 bridgehead atoms. The van der Waals surface area contributed by atoms with E-state index >= 15 is 0 Å². The van der Waals surface area contributed by atoms with Gasteiger partial charge in [-0.25, -0.2) is 22.6 Å². The van der Waals surface area contributed by atoms with Crippen molar-refractivity contribution in [3.63, 3.8) is 0 Å². The van der Waals surface area contributed by atoms with Gasteiger partial charge in [0.05, 0.1) is 28.2 Å². The number of nitrogens with two attached hydrogens (primary N) is 1. The zero-order chi connectivity index (χ0) is 38.2. The number of nitrogens with one attached hydrogen (secondary N) is 1. The molecule has 11 nitrogen and oxygen atoms in total. The Morgan fingerprint density at radius 2 is 1.79 bits per heavy atom. The summed E-state index contributed by atoms with van der Waals surface area (Å²) in [6.07, 6.45) is -4.32. The lowest BCUT2D eigenvalue weighted by Crippen LogP contribution is -2.44. The summed E-state index contributed by atoms with van der Waals surface area (Å²) in [6.45, 7) is 5.53. The van der Waals surface area contributed by atoms with E-state index < -0.39 is 62.4 Å². The number of ether oxygens (including phenoxy) is 2. The summed E-state index contributed by atoms with van der Waals surface area (Å²) in [6, 6.07) is 13.1. The summed E-state index contributed by atoms with van der Waals surface area (Å²) in [4.78, 5) is 45.4. The second-order valence-corrected chi connectivity index (χ2v) is 15.2. The number of rotatable bonds is 10. The zero-order valence-electron chi connectivity index (χ0n) is 28.5. The Labute approximate surface area is 297 Å². The van der Waals surface area contributed by atoms with Crippen molar-refractivity contribution in [1.29, 1.82) is 0 Å². The third-order valence-electron chi connectivity index (χ3n) is 9.04. The van der Waals surface area contributed by atoms with Crippen LogP contribution in [0.2, 0.25) is 0 Å². The van der Waals surface area contributed by atoms with Gasteiger partial charge < -0.3 is 25.4 Å². The molecule has 276 valence electrons. The van der Waals surface area contributed by atoms with Crippen LogP contribution < -0.4 is 15.8 Å². The van der Waals surface area contributed by atoms with E-state index in [0.29, 0.717) is 16.5 Å². The molecule has 5 rings (SSSR count). The minimum Gasteiger partial charge on any atom is -0.491 e. The molecule has 3 aromatic carbocycles. The topological polar surface area (TPSA) is 158 Å². The number of benzene rings is 3. The summed E-state index contributed by atoms with van der Waals surface area (Å²) in [5.41, 5.74) is 4.51. The van der Waals surface area contributed by atoms with Gasteiger partial charge in [0.15, 0.2) is 21.4 Å². The van der Waals surface area contributed by atoms with Gasteiger partial charge in [-0.2, -0.15) is 13.2 Å². The van der Waals surface area contributed by atoms with Gasteiger partial charge in [0.2, 0.25) is 5.91 Å². The standard InChI is InChI=1S/C36H36F4N4O7S/c1-5-50-27-19-22(10-13-26(27)37)29(43-23-11-12-24-21(18-23)14-16-42-31(24)41)32(45)44-17-15-35(4,33(46)51-34(47)36(38,39)40)30(44)25-8-6-7-9-28(25)52(48,49)20(2)3/h6-14,16,18-20,29-30,43H,5,15,17H2,1-4H3,(H2,41,42). The van der Waals surface area contributed by atoms with Gasteiger partial charge in [-0.3, -0.25) is 9.59 Å². The maximum Gasteiger partial charge on any atom is 0.491 e. The summed E-state index contributed by atoms with van der Waals surface area (Å²) in [5, 5.41) is 3.47. The monoisotopic (exact) mass is 744 g/mol. The molecular formula is C36H36F4N4O7S. The molecule has 1 saturated heterocycles. The Morgan fingerprint density at radius 1 is 1.08 bits per heavy atom. The number of hydrogen-bond donors (Lipinski definition) is 2. The lowest BCUT2D eigenvalue weighted by Gasteiger charge is -2.36. The van der Waals surface area contributed by atoms with E-state index in [2.05, 4.69) is 15.0 Å². The SMILES string of the molecule is CCOc1cc(C(Nc2ccc3c(N)nccc3c2)C(=O)N2CCC(C)(C(=O)OC(=O)C(F)(F)F)C2c2ccccc2S(=O)(=O)C(C)C)ccc1F. The minimum absolute atomic E-state index is 0.0671. The number of carbonyl (C=O) groups excluding carboxylic acids is 3. The first-order chi connectivity index (χ1) is 24.4. The number of hydrogen-bond acceptors (Lipinski definition) is 10. The van der Waals surface area contributed by atoms with E-state index in [4.69, 9.17) is 10.5 Å². The van der Waals surface area contributed by atoms with Crippen molar-refractivity contribution in [3.8, 4) is 5.75 Å². The van der Waals surface area contributed by atoms with Crippen LogP contribution in [0.3, 0.4) is 0 Å². The van der Waals surface area contributed by atoms with Gasteiger partial charge in [-0.05, 0) is 93.1 Å². The summed E-state index contributed by atoms with van der Waals surface area (Å²) in [7, 11) is -4.10. The Morgan fingerprint density at radius 3 is 2.46 bits per heavy atom. The first kappa shape index (κ1) is 38.0. The Balaban J connectivity index is 1.68. The highest BCUT2D eigenvalue weighted by Gasteiger charge is 2.56. The van der Waals surface area contributed by atoms with E-state index in [9.17, 15) is 40.4 Å². The van der Waals surface area contributed by atoms with E-state index in [1.807, 2.05) is 0 Å². The second-order valence-electron chi connectivity index (χ2n) is 12.7. The quantitative estimate of drug-likeness (QED) is 0.107. The number of amides is 1. The van der Waals surface area contributed by atoms with Crippen LogP contribution in [0.25, 0.3) is 10.8 Å². The molecule has 1 aliphatic heterocycles. The highest BCUT2D eigenvalue weighted by molar-refractivity contribution is 7.92. The van der Waals surface area contributed by atoms with Crippen molar-refractivity contribution in [3.05, 3.63) is 89.9 Å². The Bertz CT molecular complexity index is 2140. The van der Waals surface area contributed by atoms with Crippen molar-refractivity contribution >= 4 is 50.0 Å². The molecule has 16 heteroatoms. The number of carbonyl (C=O) groups is 3. The van der Waals surface area contributed by atoms with Crippen molar-refractivity contribution < 1.29 is 49.8 Å². The number of likely N-dealkylation sites (tertiary alicyclic amines) is 1. The van der Waals surface area contributed by atoms with Crippen LogP contribution in [0.1, 0.15) is 57.3 Å². The number of sulfone groups is 1. The van der Waals surface area contributed by atoms with Crippen molar-refractivity contribution in [1.82, 2.24) is 9.88 Å². The average Bonchev–Trinajstić information content (AvgIpc) is 3.45. The number of esters is 2. The highest BCUT2D eigenvalue weighted by atomic mass is 32.2. The Kier molecular flexibility index (Phi) is 10.5. The summed E-state index contributed by atoms with van der Waals surface area (Å²) < 4.78 is 91.6. The normalized spacial score (nSPS) is 18.3. The third-order valence-corrected chi connectivity index (χ3v) is 11.3. The molecule has 3 unspecified atom stereocenters. The number of fused-ring (bicyclic) bond motifs is 1. The summed E-state index contributed by atoms with van der Waals surface area (Å²) >= 11 is 0. The molecule has 0 saturated carbocycles. The van der Waals surface area contributed by atoms with Gasteiger partial charge >= 0.3 is 18.1 Å². The molecule has 1 aromatic heterocycles. The molecule has 1 aliphatic rings. The zero-order valence-corrected chi connectivity index (χ0v) is 29.3. The van der Waals surface area contributed by atoms with Gasteiger partial charge in [-0.15, -0.1) is 0 Å². The molecule has 1 amide bonds. The number of pyridine rings is 1. The fraction of sp³-hybridized carbons (Fsp3) is 0.333. The van der Waals surface area contributed by atoms with E-state index in [0.717, 1.165) is 6.07 Å². The largest absolute Gasteiger partial charge is 0.491 e. The molecule has 4 aromatic rings. The molecule has 3 atom stereocenters. The van der Waals surface area contributed by atoms with Crippen molar-refractivity contribution in [2.24, 2.45) is 5.41 Å². The molecular weight excluding hydrogens is 708 g/mol. The minimum atomic E-state index is -5.51. The lowest BCUT2D eigenvalue weighted by molar-refractivity contribution is -0.205. The molecule has 0 radical (unpaired) electrons. The van der Waals surface area contributed by atoms with Crippen LogP contribution in [0.4, 0.5) is 29.1 Å². The molecule has 0 spiro atoms. The van der Waals surface area contributed by atoms with Crippen LogP contribution in [-0.4, -0.2) is 60.7 Å². The number of alkyl halides is 3. The van der Waals surface area contributed by atoms with Crippen LogP contribution in [0, 0.1) is 11.2 Å². The van der Waals surface area contributed by atoms with Crippen LogP contribution in [0.15, 0.2) is 77.8 Å². The third kappa shape index (κ3) is 7.24. The predicted molar refractivity (Wildman–Crippen MR) is 183 cm³/mol. The first-order valence-electron chi connectivity index (χ1n) is 16.2. The fourth-order valence-electron chi connectivity index (χ4n) is 6.28. The molecule has 1 fully saturated rings. The maximum atomic E-state index is 14.9. The van der Waals surface area contributed by atoms with Crippen LogP contribution >= 0.6 is 0 Å². The van der Waals surface area contributed by atoms with Gasteiger partial charge in [0, 0.05) is 23.8 Å². The van der Waals surface area contributed by atoms with Crippen LogP contribution in [-0.2, 0) is 29.0 Å². The van der Waals surface area contributed by atoms with Gasteiger partial charge in [-0.1, -0.05) is 24.3 Å². The number of nitrogen functional groups attached to an aromatic ring is 1.